The molecule has 0 aliphatic heterocycles. The maximum Gasteiger partial charge on any atom is 0.276 e. The van der Waals surface area contributed by atoms with Gasteiger partial charge in [0.15, 0.2) is 35.7 Å². The molecule has 0 aliphatic rings. The molecule has 3 rings (SSSR count). The van der Waals surface area contributed by atoms with Crippen molar-refractivity contribution in [1.82, 2.24) is 9.78 Å². The maximum atomic E-state index is 13.7. The average molecular weight is 411 g/mol. The predicted molar refractivity (Wildman–Crippen MR) is 93.0 cm³/mol. The fourth-order valence-corrected chi connectivity index (χ4v) is 2.60. The number of halogens is 5. The SMILES string of the molecule is Cc1cc(C)cc(OCn2ccc(C(=O)Nc3c(F)c(F)c(F)c(F)c3F)n2)c1. The van der Waals surface area contributed by atoms with Crippen molar-refractivity contribution >= 4 is 11.6 Å². The van der Waals surface area contributed by atoms with Crippen LogP contribution in [0.2, 0.25) is 0 Å². The van der Waals surface area contributed by atoms with Crippen molar-refractivity contribution in [2.75, 3.05) is 5.32 Å². The molecule has 0 aliphatic carbocycles. The van der Waals surface area contributed by atoms with Crippen molar-refractivity contribution in [1.29, 1.82) is 0 Å². The number of rotatable bonds is 5. The standard InChI is InChI=1S/C19H14F5N3O2/c1-9-5-10(2)7-11(6-9)29-8-27-4-3-12(26-27)19(28)25-18-16(23)14(21)13(20)15(22)17(18)24/h3-7H,8H2,1-2H3,(H,25,28). The Morgan fingerprint density at radius 2 is 1.52 bits per heavy atom. The first-order valence-electron chi connectivity index (χ1n) is 8.24. The second-order valence-corrected chi connectivity index (χ2v) is 6.24. The highest BCUT2D eigenvalue weighted by Gasteiger charge is 2.27. The molecule has 0 atom stereocenters. The first kappa shape index (κ1) is 20.3. The van der Waals surface area contributed by atoms with E-state index < -0.39 is 40.7 Å². The highest BCUT2D eigenvalue weighted by Crippen LogP contribution is 2.27. The largest absolute Gasteiger partial charge is 0.471 e. The fourth-order valence-electron chi connectivity index (χ4n) is 2.60. The Hall–Kier alpha value is -3.43. The number of nitrogens with zero attached hydrogens (tertiary/aromatic N) is 2. The van der Waals surface area contributed by atoms with E-state index in [0.717, 1.165) is 11.1 Å². The van der Waals surface area contributed by atoms with Crippen molar-refractivity contribution in [3.8, 4) is 5.75 Å². The zero-order chi connectivity index (χ0) is 21.3. The number of benzene rings is 2. The highest BCUT2D eigenvalue weighted by molar-refractivity contribution is 6.02. The van der Waals surface area contributed by atoms with E-state index in [9.17, 15) is 26.7 Å². The van der Waals surface area contributed by atoms with E-state index in [1.54, 1.807) is 17.4 Å². The summed E-state index contributed by atoms with van der Waals surface area (Å²) in [7, 11) is 0. The molecule has 0 saturated carbocycles. The van der Waals surface area contributed by atoms with Crippen LogP contribution in [0.15, 0.2) is 30.5 Å². The minimum absolute atomic E-state index is 0.0707. The number of amides is 1. The Morgan fingerprint density at radius 1 is 0.966 bits per heavy atom. The van der Waals surface area contributed by atoms with Gasteiger partial charge in [0.25, 0.3) is 5.91 Å². The minimum Gasteiger partial charge on any atom is -0.471 e. The smallest absolute Gasteiger partial charge is 0.276 e. The summed E-state index contributed by atoms with van der Waals surface area (Å²) >= 11 is 0. The number of carbonyl (C=O) groups excluding carboxylic acids is 1. The first-order valence-corrected chi connectivity index (χ1v) is 8.24. The van der Waals surface area contributed by atoms with Crippen LogP contribution in [0, 0.1) is 42.9 Å². The summed E-state index contributed by atoms with van der Waals surface area (Å²) in [6.07, 6.45) is 1.36. The fraction of sp³-hybridized carbons (Fsp3) is 0.158. The van der Waals surface area contributed by atoms with E-state index in [1.807, 2.05) is 19.9 Å². The third-order valence-corrected chi connectivity index (χ3v) is 3.88. The van der Waals surface area contributed by atoms with Crippen LogP contribution in [0.5, 0.6) is 5.75 Å². The summed E-state index contributed by atoms with van der Waals surface area (Å²) in [5, 5.41) is 5.51. The zero-order valence-electron chi connectivity index (χ0n) is 15.2. The van der Waals surface area contributed by atoms with Crippen LogP contribution in [-0.4, -0.2) is 15.7 Å². The molecule has 0 bridgehead atoms. The molecule has 1 aromatic heterocycles. The van der Waals surface area contributed by atoms with Crippen LogP contribution in [0.1, 0.15) is 21.6 Å². The Labute approximate surface area is 161 Å². The van der Waals surface area contributed by atoms with Crippen molar-refractivity contribution in [3.63, 3.8) is 0 Å². The monoisotopic (exact) mass is 411 g/mol. The van der Waals surface area contributed by atoms with E-state index in [2.05, 4.69) is 5.10 Å². The van der Waals surface area contributed by atoms with Crippen LogP contribution >= 0.6 is 0 Å². The molecule has 0 fully saturated rings. The highest BCUT2D eigenvalue weighted by atomic mass is 19.2. The number of hydrogen-bond acceptors (Lipinski definition) is 3. The lowest BCUT2D eigenvalue weighted by molar-refractivity contribution is 0.101. The van der Waals surface area contributed by atoms with E-state index in [-0.39, 0.29) is 12.4 Å². The normalized spacial score (nSPS) is 10.9. The molecule has 3 aromatic rings. The van der Waals surface area contributed by atoms with Crippen LogP contribution < -0.4 is 10.1 Å². The Morgan fingerprint density at radius 3 is 2.10 bits per heavy atom. The summed E-state index contributed by atoms with van der Waals surface area (Å²) in [6, 6.07) is 6.76. The molecule has 1 N–H and O–H groups in total. The second-order valence-electron chi connectivity index (χ2n) is 6.24. The van der Waals surface area contributed by atoms with E-state index in [1.165, 1.54) is 16.9 Å². The van der Waals surface area contributed by atoms with E-state index >= 15 is 0 Å². The van der Waals surface area contributed by atoms with Gasteiger partial charge in [-0.05, 0) is 43.2 Å². The molecular formula is C19H14F5N3O2. The summed E-state index contributed by atoms with van der Waals surface area (Å²) in [6.45, 7) is 3.73. The van der Waals surface area contributed by atoms with Crippen molar-refractivity contribution < 1.29 is 31.5 Å². The van der Waals surface area contributed by atoms with Gasteiger partial charge >= 0.3 is 0 Å². The number of aryl methyl sites for hydroxylation is 2. The van der Waals surface area contributed by atoms with Gasteiger partial charge in [-0.3, -0.25) is 4.79 Å². The van der Waals surface area contributed by atoms with Crippen molar-refractivity contribution in [3.05, 3.63) is 76.4 Å². The number of nitrogens with one attached hydrogen (secondary N) is 1. The van der Waals surface area contributed by atoms with Gasteiger partial charge in [0.1, 0.15) is 11.4 Å². The molecule has 0 unspecified atom stereocenters. The van der Waals surface area contributed by atoms with Crippen LogP contribution in [0.3, 0.4) is 0 Å². The molecule has 5 nitrogen and oxygen atoms in total. The number of aromatic nitrogens is 2. The molecular weight excluding hydrogens is 397 g/mol. The van der Waals surface area contributed by atoms with Gasteiger partial charge in [-0.1, -0.05) is 6.07 Å². The predicted octanol–water partition coefficient (Wildman–Crippen LogP) is 4.48. The van der Waals surface area contributed by atoms with Crippen molar-refractivity contribution in [2.45, 2.75) is 20.6 Å². The molecule has 29 heavy (non-hydrogen) atoms. The van der Waals surface area contributed by atoms with E-state index in [0.29, 0.717) is 5.75 Å². The lowest BCUT2D eigenvalue weighted by Crippen LogP contribution is -2.18. The number of anilines is 1. The van der Waals surface area contributed by atoms with Gasteiger partial charge in [-0.2, -0.15) is 5.10 Å². The number of hydrogen-bond donors (Lipinski definition) is 1. The summed E-state index contributed by atoms with van der Waals surface area (Å²) in [4.78, 5) is 12.1. The molecule has 2 aromatic carbocycles. The second kappa shape index (κ2) is 7.90. The molecule has 0 saturated heterocycles. The van der Waals surface area contributed by atoms with Crippen LogP contribution in [0.4, 0.5) is 27.6 Å². The topological polar surface area (TPSA) is 56.1 Å². The minimum atomic E-state index is -2.31. The number of ether oxygens (including phenoxy) is 1. The van der Waals surface area contributed by atoms with Crippen molar-refractivity contribution in [2.24, 2.45) is 0 Å². The summed E-state index contributed by atoms with van der Waals surface area (Å²) < 4.78 is 73.7. The lowest BCUT2D eigenvalue weighted by atomic mass is 10.1. The molecule has 1 amide bonds. The van der Waals surface area contributed by atoms with Gasteiger partial charge in [-0.15, -0.1) is 0 Å². The average Bonchev–Trinajstić information content (AvgIpc) is 3.15. The Bertz CT molecular complexity index is 1050. The van der Waals surface area contributed by atoms with Crippen LogP contribution in [0.25, 0.3) is 0 Å². The zero-order valence-corrected chi connectivity index (χ0v) is 15.2. The molecule has 0 radical (unpaired) electrons. The van der Waals surface area contributed by atoms with Gasteiger partial charge in [0.05, 0.1) is 0 Å². The number of carbonyl (C=O) groups is 1. The molecule has 1 heterocycles. The lowest BCUT2D eigenvalue weighted by Gasteiger charge is -2.09. The third kappa shape index (κ3) is 4.20. The van der Waals surface area contributed by atoms with Gasteiger partial charge < -0.3 is 10.1 Å². The van der Waals surface area contributed by atoms with Gasteiger partial charge in [-0.25, -0.2) is 26.6 Å². The molecule has 152 valence electrons. The molecule has 0 spiro atoms. The van der Waals surface area contributed by atoms with Gasteiger partial charge in [0.2, 0.25) is 5.82 Å². The van der Waals surface area contributed by atoms with E-state index in [4.69, 9.17) is 4.74 Å². The summed E-state index contributed by atoms with van der Waals surface area (Å²) in [5.41, 5.74) is 0.220. The summed E-state index contributed by atoms with van der Waals surface area (Å²) in [5.74, 6) is -11.5. The van der Waals surface area contributed by atoms with Crippen LogP contribution in [-0.2, 0) is 6.73 Å². The maximum absolute atomic E-state index is 13.7. The Balaban J connectivity index is 1.73. The first-order chi connectivity index (χ1) is 13.7. The van der Waals surface area contributed by atoms with Gasteiger partial charge in [0, 0.05) is 6.20 Å². The third-order valence-electron chi connectivity index (χ3n) is 3.88. The quantitative estimate of drug-likeness (QED) is 0.383. The Kier molecular flexibility index (Phi) is 5.53. The molecule has 10 heteroatoms.